The largest absolute Gasteiger partial charge is 0.507 e. The molecule has 1 aromatic heterocycles. The zero-order valence-corrected chi connectivity index (χ0v) is 18.4. The van der Waals surface area contributed by atoms with Gasteiger partial charge in [0, 0.05) is 24.5 Å². The van der Waals surface area contributed by atoms with Gasteiger partial charge in [0.15, 0.2) is 0 Å². The van der Waals surface area contributed by atoms with Crippen molar-refractivity contribution in [2.75, 3.05) is 13.7 Å². The molecule has 0 bridgehead atoms. The summed E-state index contributed by atoms with van der Waals surface area (Å²) < 4.78 is 10.7. The minimum atomic E-state index is -0.761. The number of ketones is 1. The van der Waals surface area contributed by atoms with Gasteiger partial charge in [-0.2, -0.15) is 0 Å². The molecule has 1 N–H and O–H groups in total. The van der Waals surface area contributed by atoms with Crippen molar-refractivity contribution in [2.24, 2.45) is 0 Å². The molecule has 0 radical (unpaired) electrons. The summed E-state index contributed by atoms with van der Waals surface area (Å²) in [6.07, 6.45) is 3.29. The van der Waals surface area contributed by atoms with E-state index in [-0.39, 0.29) is 17.9 Å². The highest BCUT2D eigenvalue weighted by atomic mass is 16.5. The van der Waals surface area contributed by atoms with Crippen LogP contribution in [0.3, 0.4) is 0 Å². The first-order valence-electron chi connectivity index (χ1n) is 10.6. The van der Waals surface area contributed by atoms with Gasteiger partial charge < -0.3 is 19.5 Å². The first kappa shape index (κ1) is 22.1. The van der Waals surface area contributed by atoms with Crippen molar-refractivity contribution in [3.8, 4) is 11.5 Å². The Kier molecular flexibility index (Phi) is 6.40. The van der Waals surface area contributed by atoms with E-state index in [1.54, 1.807) is 74.1 Å². The van der Waals surface area contributed by atoms with Gasteiger partial charge in [-0.1, -0.05) is 18.2 Å². The van der Waals surface area contributed by atoms with Gasteiger partial charge in [-0.05, 0) is 60.5 Å². The number of likely N-dealkylation sites (tertiary alicyclic amines) is 1. The van der Waals surface area contributed by atoms with Gasteiger partial charge in [0.2, 0.25) is 0 Å². The van der Waals surface area contributed by atoms with Crippen LogP contribution in [0.5, 0.6) is 11.5 Å². The van der Waals surface area contributed by atoms with Crippen molar-refractivity contribution in [2.45, 2.75) is 19.5 Å². The first-order chi connectivity index (χ1) is 16.0. The lowest BCUT2D eigenvalue weighted by Gasteiger charge is -2.25. The lowest BCUT2D eigenvalue weighted by Crippen LogP contribution is -2.29. The zero-order valence-electron chi connectivity index (χ0n) is 18.4. The summed E-state index contributed by atoms with van der Waals surface area (Å²) in [5.41, 5.74) is 1.93. The highest BCUT2D eigenvalue weighted by molar-refractivity contribution is 6.46. The fourth-order valence-electron chi connectivity index (χ4n) is 3.90. The topological polar surface area (TPSA) is 89.0 Å². The van der Waals surface area contributed by atoms with Gasteiger partial charge >= 0.3 is 0 Å². The molecule has 168 valence electrons. The van der Waals surface area contributed by atoms with E-state index in [4.69, 9.17) is 9.47 Å². The molecule has 33 heavy (non-hydrogen) atoms. The number of pyridine rings is 1. The van der Waals surface area contributed by atoms with E-state index < -0.39 is 17.7 Å². The van der Waals surface area contributed by atoms with Gasteiger partial charge in [-0.25, -0.2) is 0 Å². The zero-order chi connectivity index (χ0) is 23.4. The summed E-state index contributed by atoms with van der Waals surface area (Å²) in [4.78, 5) is 31.8. The van der Waals surface area contributed by atoms with Crippen molar-refractivity contribution >= 4 is 17.4 Å². The number of methoxy groups -OCH3 is 1. The Morgan fingerprint density at radius 2 is 1.73 bits per heavy atom. The molecule has 0 aliphatic carbocycles. The van der Waals surface area contributed by atoms with E-state index in [0.717, 1.165) is 5.56 Å². The maximum Gasteiger partial charge on any atom is 0.295 e. The fourth-order valence-corrected chi connectivity index (χ4v) is 3.90. The lowest BCUT2D eigenvalue weighted by molar-refractivity contribution is -0.140. The third-order valence-electron chi connectivity index (χ3n) is 5.49. The van der Waals surface area contributed by atoms with E-state index in [0.29, 0.717) is 29.2 Å². The minimum absolute atomic E-state index is 0.0400. The summed E-state index contributed by atoms with van der Waals surface area (Å²) in [5.74, 6) is -0.338. The second-order valence-electron chi connectivity index (χ2n) is 7.52. The number of hydrogen-bond donors (Lipinski definition) is 1. The van der Waals surface area contributed by atoms with Crippen molar-refractivity contribution in [3.05, 3.63) is 95.3 Å². The van der Waals surface area contributed by atoms with Crippen molar-refractivity contribution < 1.29 is 24.2 Å². The molecular formula is C26H24N2O5. The standard InChI is InChI=1S/C26H24N2O5/c1-3-33-21-12-6-18(7-13-21)23-22(24(29)19-8-10-20(32-2)11-9-19)25(30)26(31)28(23)16-17-5-4-14-27-15-17/h4-15,23,29H,3,16H2,1-2H3/t23-/m0/s1. The second kappa shape index (κ2) is 9.56. The molecule has 1 aliphatic rings. The van der Waals surface area contributed by atoms with Gasteiger partial charge in [0.25, 0.3) is 11.7 Å². The van der Waals surface area contributed by atoms with Crippen LogP contribution in [-0.4, -0.2) is 40.4 Å². The van der Waals surface area contributed by atoms with Crippen molar-refractivity contribution in [1.29, 1.82) is 0 Å². The quantitative estimate of drug-likeness (QED) is 0.335. The smallest absolute Gasteiger partial charge is 0.295 e. The highest BCUT2D eigenvalue weighted by Crippen LogP contribution is 2.40. The molecular weight excluding hydrogens is 420 g/mol. The van der Waals surface area contributed by atoms with Crippen LogP contribution in [-0.2, 0) is 16.1 Å². The van der Waals surface area contributed by atoms with Crippen LogP contribution in [0.25, 0.3) is 5.76 Å². The SMILES string of the molecule is CCOc1ccc([C@H]2C(=C(O)c3ccc(OC)cc3)C(=O)C(=O)N2Cc2cccnc2)cc1. The molecule has 1 amide bonds. The number of carbonyl (C=O) groups is 2. The Bertz CT molecular complexity index is 1170. The van der Waals surface area contributed by atoms with Crippen LogP contribution in [0.2, 0.25) is 0 Å². The molecule has 1 aliphatic heterocycles. The molecule has 1 fully saturated rings. The van der Waals surface area contributed by atoms with Crippen LogP contribution in [0.4, 0.5) is 0 Å². The number of carbonyl (C=O) groups excluding carboxylic acids is 2. The van der Waals surface area contributed by atoms with Crippen molar-refractivity contribution in [1.82, 2.24) is 9.88 Å². The molecule has 2 heterocycles. The van der Waals surface area contributed by atoms with Crippen LogP contribution in [0.15, 0.2) is 78.6 Å². The van der Waals surface area contributed by atoms with E-state index in [1.807, 2.05) is 13.0 Å². The first-order valence-corrected chi connectivity index (χ1v) is 10.6. The Hall–Kier alpha value is -4.13. The van der Waals surface area contributed by atoms with E-state index in [9.17, 15) is 14.7 Å². The number of nitrogens with zero attached hydrogens (tertiary/aromatic N) is 2. The molecule has 7 heteroatoms. The Labute approximate surface area is 191 Å². The summed E-state index contributed by atoms with van der Waals surface area (Å²) in [7, 11) is 1.55. The number of ether oxygens (including phenoxy) is 2. The van der Waals surface area contributed by atoms with Gasteiger partial charge in [0.05, 0.1) is 25.3 Å². The molecule has 4 rings (SSSR count). The molecule has 0 spiro atoms. The molecule has 0 saturated carbocycles. The number of aliphatic hydroxyl groups excluding tert-OH is 1. The third-order valence-corrected chi connectivity index (χ3v) is 5.49. The summed E-state index contributed by atoms with van der Waals surface area (Å²) in [5, 5.41) is 11.1. The van der Waals surface area contributed by atoms with Gasteiger partial charge in [-0.15, -0.1) is 0 Å². The van der Waals surface area contributed by atoms with Crippen LogP contribution in [0, 0.1) is 0 Å². The number of aromatic nitrogens is 1. The summed E-state index contributed by atoms with van der Waals surface area (Å²) in [6.45, 7) is 2.59. The number of amides is 1. The van der Waals surface area contributed by atoms with Crippen LogP contribution in [0.1, 0.15) is 29.7 Å². The van der Waals surface area contributed by atoms with E-state index in [2.05, 4.69) is 4.98 Å². The fraction of sp³-hybridized carbons (Fsp3) is 0.192. The number of hydrogen-bond acceptors (Lipinski definition) is 6. The Balaban J connectivity index is 1.81. The van der Waals surface area contributed by atoms with E-state index in [1.165, 1.54) is 4.90 Å². The maximum atomic E-state index is 13.1. The Morgan fingerprint density at radius 3 is 2.33 bits per heavy atom. The monoisotopic (exact) mass is 444 g/mol. The van der Waals surface area contributed by atoms with Gasteiger partial charge in [0.1, 0.15) is 17.3 Å². The molecule has 1 atom stereocenters. The normalized spacial score (nSPS) is 17.3. The van der Waals surface area contributed by atoms with Crippen LogP contribution < -0.4 is 9.47 Å². The molecule has 3 aromatic rings. The number of aliphatic hydroxyl groups is 1. The highest BCUT2D eigenvalue weighted by Gasteiger charge is 2.46. The molecule has 7 nitrogen and oxygen atoms in total. The minimum Gasteiger partial charge on any atom is -0.507 e. The van der Waals surface area contributed by atoms with E-state index >= 15 is 0 Å². The molecule has 1 saturated heterocycles. The average molecular weight is 444 g/mol. The second-order valence-corrected chi connectivity index (χ2v) is 7.52. The number of rotatable bonds is 7. The predicted molar refractivity (Wildman–Crippen MR) is 123 cm³/mol. The van der Waals surface area contributed by atoms with Crippen LogP contribution >= 0.6 is 0 Å². The summed E-state index contributed by atoms with van der Waals surface area (Å²) in [6, 6.07) is 16.7. The maximum absolute atomic E-state index is 13.1. The number of benzene rings is 2. The average Bonchev–Trinajstić information content (AvgIpc) is 3.10. The van der Waals surface area contributed by atoms with Gasteiger partial charge in [-0.3, -0.25) is 14.6 Å². The predicted octanol–water partition coefficient (Wildman–Crippen LogP) is 4.11. The summed E-state index contributed by atoms with van der Waals surface area (Å²) >= 11 is 0. The molecule has 0 unspecified atom stereocenters. The number of Topliss-reactive ketones (excluding diaryl/α,β-unsaturated/α-hetero) is 1. The lowest BCUT2D eigenvalue weighted by atomic mass is 9.95. The third kappa shape index (κ3) is 4.43. The molecule has 2 aromatic carbocycles. The Morgan fingerprint density at radius 1 is 1.03 bits per heavy atom. The van der Waals surface area contributed by atoms with Crippen molar-refractivity contribution in [3.63, 3.8) is 0 Å².